The van der Waals surface area contributed by atoms with Crippen LogP contribution >= 0.6 is 11.3 Å². The number of quaternary nitrogens is 1. The second-order valence-corrected chi connectivity index (χ2v) is 7.51. The quantitative estimate of drug-likeness (QED) is 0.715. The molecule has 0 aliphatic heterocycles. The molecule has 3 rings (SSSR count). The molecule has 1 amide bonds. The summed E-state index contributed by atoms with van der Waals surface area (Å²) < 4.78 is 1.20. The Balaban J connectivity index is 1.63. The lowest BCUT2D eigenvalue weighted by Crippen LogP contribution is -3.08. The number of carbonyl (C=O) groups excluding carboxylic acids is 1. The number of likely N-dealkylation sites (N-methyl/N-ethyl adjacent to an activating group) is 1. The number of benzene rings is 2. The van der Waals surface area contributed by atoms with Gasteiger partial charge in [0, 0.05) is 5.69 Å². The predicted molar refractivity (Wildman–Crippen MR) is 104 cm³/mol. The Hall–Kier alpha value is -2.24. The molecule has 0 saturated carbocycles. The molecule has 3 aromatic rings. The molecule has 1 heterocycles. The lowest BCUT2D eigenvalue weighted by molar-refractivity contribution is -0.885. The van der Waals surface area contributed by atoms with Crippen molar-refractivity contribution >= 4 is 33.1 Å². The first kappa shape index (κ1) is 17.6. The fraction of sp³-hybridized carbons (Fsp3) is 0.300. The third-order valence-corrected chi connectivity index (χ3v) is 5.29. The molecule has 2 aromatic carbocycles. The van der Waals surface area contributed by atoms with E-state index in [9.17, 15) is 4.79 Å². The maximum absolute atomic E-state index is 12.5. The van der Waals surface area contributed by atoms with Gasteiger partial charge in [-0.3, -0.25) is 4.79 Å². The SMILES string of the molecule is CCc1cccc(C)c1NC(=O)C[NH+](C)Cc1nc2ccccc2s1. The molecule has 2 N–H and O–H groups in total. The zero-order valence-corrected chi connectivity index (χ0v) is 15.7. The van der Waals surface area contributed by atoms with E-state index < -0.39 is 0 Å². The first-order chi connectivity index (χ1) is 12.1. The Labute approximate surface area is 152 Å². The molecule has 0 fully saturated rings. The predicted octanol–water partition coefficient (Wildman–Crippen LogP) is 2.82. The average molecular weight is 354 g/mol. The highest BCUT2D eigenvalue weighted by atomic mass is 32.1. The van der Waals surface area contributed by atoms with Gasteiger partial charge in [-0.2, -0.15) is 0 Å². The van der Waals surface area contributed by atoms with E-state index in [1.807, 2.05) is 44.3 Å². The maximum Gasteiger partial charge on any atom is 0.279 e. The zero-order valence-electron chi connectivity index (χ0n) is 14.9. The van der Waals surface area contributed by atoms with E-state index in [4.69, 9.17) is 0 Å². The van der Waals surface area contributed by atoms with Gasteiger partial charge in [-0.15, -0.1) is 11.3 Å². The van der Waals surface area contributed by atoms with Gasteiger partial charge >= 0.3 is 0 Å². The standard InChI is InChI=1S/C20H23N3OS/c1-4-15-9-7-8-14(2)20(15)22-18(24)12-23(3)13-19-21-16-10-5-6-11-17(16)25-19/h5-11H,4,12-13H2,1-3H3,(H,22,24)/p+1. The molecule has 5 heteroatoms. The number of anilines is 1. The van der Waals surface area contributed by atoms with Crippen LogP contribution in [0.1, 0.15) is 23.1 Å². The molecular weight excluding hydrogens is 330 g/mol. The smallest absolute Gasteiger partial charge is 0.279 e. The first-order valence-corrected chi connectivity index (χ1v) is 9.42. The second-order valence-electron chi connectivity index (χ2n) is 6.40. The molecule has 1 atom stereocenters. The van der Waals surface area contributed by atoms with Crippen molar-refractivity contribution in [2.45, 2.75) is 26.8 Å². The molecule has 0 bridgehead atoms. The highest BCUT2D eigenvalue weighted by Gasteiger charge is 2.15. The lowest BCUT2D eigenvalue weighted by Gasteiger charge is -2.15. The van der Waals surface area contributed by atoms with E-state index in [0.29, 0.717) is 6.54 Å². The summed E-state index contributed by atoms with van der Waals surface area (Å²) in [6.07, 6.45) is 0.908. The van der Waals surface area contributed by atoms with Gasteiger partial charge in [0.15, 0.2) is 6.54 Å². The molecular formula is C20H24N3OS+. The molecule has 1 aromatic heterocycles. The summed E-state index contributed by atoms with van der Waals surface area (Å²) in [6, 6.07) is 14.3. The van der Waals surface area contributed by atoms with Crippen LogP contribution in [0.4, 0.5) is 5.69 Å². The number of fused-ring (bicyclic) bond motifs is 1. The molecule has 0 saturated heterocycles. The van der Waals surface area contributed by atoms with Gasteiger partial charge in [0.05, 0.1) is 17.3 Å². The fourth-order valence-corrected chi connectivity index (χ4v) is 4.06. The number of amides is 1. The van der Waals surface area contributed by atoms with Gasteiger partial charge in [0.25, 0.3) is 5.91 Å². The Bertz CT molecular complexity index is 855. The molecule has 0 aliphatic rings. The van der Waals surface area contributed by atoms with Crippen LogP contribution in [0.2, 0.25) is 0 Å². The Morgan fingerprint density at radius 2 is 2.00 bits per heavy atom. The Morgan fingerprint density at radius 1 is 1.20 bits per heavy atom. The summed E-state index contributed by atoms with van der Waals surface area (Å²) in [4.78, 5) is 18.2. The Morgan fingerprint density at radius 3 is 2.76 bits per heavy atom. The molecule has 0 aliphatic carbocycles. The van der Waals surface area contributed by atoms with Crippen molar-refractivity contribution in [3.63, 3.8) is 0 Å². The molecule has 1 unspecified atom stereocenters. The van der Waals surface area contributed by atoms with Crippen LogP contribution in [0, 0.1) is 6.92 Å². The molecule has 130 valence electrons. The largest absolute Gasteiger partial charge is 0.324 e. The van der Waals surface area contributed by atoms with E-state index in [1.165, 1.54) is 10.3 Å². The number of aryl methyl sites for hydroxylation is 2. The number of hydrogen-bond acceptors (Lipinski definition) is 3. The van der Waals surface area contributed by atoms with E-state index >= 15 is 0 Å². The van der Waals surface area contributed by atoms with Crippen LogP contribution in [0.3, 0.4) is 0 Å². The van der Waals surface area contributed by atoms with Crippen molar-refractivity contribution in [2.75, 3.05) is 18.9 Å². The molecule has 25 heavy (non-hydrogen) atoms. The second kappa shape index (κ2) is 7.76. The van der Waals surface area contributed by atoms with Crippen molar-refractivity contribution in [3.05, 3.63) is 58.6 Å². The number of nitrogens with one attached hydrogen (secondary N) is 2. The van der Waals surface area contributed by atoms with Gasteiger partial charge in [0.1, 0.15) is 11.6 Å². The number of hydrogen-bond donors (Lipinski definition) is 2. The van der Waals surface area contributed by atoms with Crippen LogP contribution < -0.4 is 10.2 Å². The van der Waals surface area contributed by atoms with Gasteiger partial charge < -0.3 is 10.2 Å². The zero-order chi connectivity index (χ0) is 17.8. The van der Waals surface area contributed by atoms with Crippen LogP contribution in [0.25, 0.3) is 10.2 Å². The Kier molecular flexibility index (Phi) is 5.46. The third-order valence-electron chi connectivity index (χ3n) is 4.26. The molecule has 0 radical (unpaired) electrons. The highest BCUT2D eigenvalue weighted by molar-refractivity contribution is 7.18. The first-order valence-electron chi connectivity index (χ1n) is 8.61. The maximum atomic E-state index is 12.5. The van der Waals surface area contributed by atoms with Crippen LogP contribution in [0.5, 0.6) is 0 Å². The van der Waals surface area contributed by atoms with E-state index in [-0.39, 0.29) is 5.91 Å². The summed E-state index contributed by atoms with van der Waals surface area (Å²) in [6.45, 7) is 5.32. The summed E-state index contributed by atoms with van der Waals surface area (Å²) >= 11 is 1.70. The van der Waals surface area contributed by atoms with Crippen LogP contribution in [0.15, 0.2) is 42.5 Å². The molecule has 0 spiro atoms. The fourth-order valence-electron chi connectivity index (χ4n) is 2.98. The van der Waals surface area contributed by atoms with Crippen molar-refractivity contribution < 1.29 is 9.69 Å². The normalized spacial score (nSPS) is 12.3. The van der Waals surface area contributed by atoms with Crippen LogP contribution in [-0.4, -0.2) is 24.5 Å². The number of thiazole rings is 1. The minimum Gasteiger partial charge on any atom is -0.324 e. The number of nitrogens with zero attached hydrogens (tertiary/aromatic N) is 1. The summed E-state index contributed by atoms with van der Waals surface area (Å²) in [5, 5.41) is 4.16. The van der Waals surface area contributed by atoms with Crippen molar-refractivity contribution in [1.29, 1.82) is 0 Å². The summed E-state index contributed by atoms with van der Waals surface area (Å²) in [7, 11) is 2.03. The van der Waals surface area contributed by atoms with Crippen LogP contribution in [-0.2, 0) is 17.8 Å². The number of para-hydroxylation sites is 2. The van der Waals surface area contributed by atoms with Gasteiger partial charge in [0.2, 0.25) is 0 Å². The van der Waals surface area contributed by atoms with Crippen molar-refractivity contribution in [1.82, 2.24) is 4.98 Å². The monoisotopic (exact) mass is 354 g/mol. The number of aromatic nitrogens is 1. The van der Waals surface area contributed by atoms with Crippen molar-refractivity contribution in [2.24, 2.45) is 0 Å². The van der Waals surface area contributed by atoms with Gasteiger partial charge in [-0.25, -0.2) is 4.98 Å². The topological polar surface area (TPSA) is 46.4 Å². The summed E-state index contributed by atoms with van der Waals surface area (Å²) in [5.41, 5.74) is 4.28. The number of carbonyl (C=O) groups is 1. The summed E-state index contributed by atoms with van der Waals surface area (Å²) in [5.74, 6) is 0.0441. The van der Waals surface area contributed by atoms with E-state index in [0.717, 1.165) is 39.6 Å². The van der Waals surface area contributed by atoms with Gasteiger partial charge in [-0.1, -0.05) is 37.3 Å². The van der Waals surface area contributed by atoms with Gasteiger partial charge in [-0.05, 0) is 36.6 Å². The third kappa shape index (κ3) is 4.24. The minimum absolute atomic E-state index is 0.0441. The minimum atomic E-state index is 0.0441. The average Bonchev–Trinajstić information content (AvgIpc) is 2.98. The lowest BCUT2D eigenvalue weighted by atomic mass is 10.1. The van der Waals surface area contributed by atoms with E-state index in [1.54, 1.807) is 11.3 Å². The highest BCUT2D eigenvalue weighted by Crippen LogP contribution is 2.21. The van der Waals surface area contributed by atoms with E-state index in [2.05, 4.69) is 29.4 Å². The number of rotatable bonds is 6. The van der Waals surface area contributed by atoms with Crippen molar-refractivity contribution in [3.8, 4) is 0 Å². The molecule has 4 nitrogen and oxygen atoms in total.